The molecule has 2 aromatic rings. The molecule has 0 saturated carbocycles. The number of rotatable bonds is 10. The van der Waals surface area contributed by atoms with E-state index in [0.29, 0.717) is 0 Å². The van der Waals surface area contributed by atoms with Crippen molar-refractivity contribution in [2.75, 3.05) is 26.2 Å². The molecule has 0 aliphatic carbocycles. The Kier molecular flexibility index (Phi) is 11.4. The monoisotopic (exact) mass is 518 g/mol. The summed E-state index contributed by atoms with van der Waals surface area (Å²) in [4.78, 5) is 29.1. The highest BCUT2D eigenvalue weighted by atomic mass is 16.5. The molecule has 2 fully saturated rings. The van der Waals surface area contributed by atoms with Gasteiger partial charge in [0.05, 0.1) is 0 Å². The topological polar surface area (TPSA) is 59.1 Å². The Labute approximate surface area is 227 Å². The quantitative estimate of drug-likeness (QED) is 0.294. The molecule has 38 heavy (non-hydrogen) atoms. The second-order valence-corrected chi connectivity index (χ2v) is 10.6. The van der Waals surface area contributed by atoms with Gasteiger partial charge in [-0.2, -0.15) is 0 Å². The number of ether oxygens (including phenoxy) is 2. The lowest BCUT2D eigenvalue weighted by atomic mass is 10.1. The van der Waals surface area contributed by atoms with E-state index in [9.17, 15) is 9.59 Å². The van der Waals surface area contributed by atoms with Gasteiger partial charge in [-0.15, -0.1) is 0 Å². The summed E-state index contributed by atoms with van der Waals surface area (Å²) in [6.45, 7) is 6.94. The van der Waals surface area contributed by atoms with Crippen molar-refractivity contribution in [3.05, 3.63) is 82.9 Å². The van der Waals surface area contributed by atoms with Gasteiger partial charge in [0.1, 0.15) is 13.2 Å². The normalized spacial score (nSPS) is 17.6. The van der Waals surface area contributed by atoms with Gasteiger partial charge in [0, 0.05) is 25.2 Å². The standard InChI is InChI=1S/C32H42N2O4/c35-31(37-25-29-13-9-27(10-14-29)23-33-19-5-1-2-6-20-33)17-18-32(36)38-26-30-15-11-28(12-16-30)24-34-21-7-3-4-8-22-34/h9-18H,1-8,19-26H2/b18-17-. The third-order valence-corrected chi connectivity index (χ3v) is 7.37. The molecule has 2 aliphatic heterocycles. The number of esters is 2. The summed E-state index contributed by atoms with van der Waals surface area (Å²) in [5, 5.41) is 0. The number of hydrogen-bond donors (Lipinski definition) is 0. The highest BCUT2D eigenvalue weighted by molar-refractivity contribution is 5.91. The first-order valence-electron chi connectivity index (χ1n) is 14.3. The number of carbonyl (C=O) groups is 2. The molecule has 0 bridgehead atoms. The fourth-order valence-electron chi connectivity index (χ4n) is 5.13. The number of benzene rings is 2. The first-order valence-corrected chi connectivity index (χ1v) is 14.3. The van der Waals surface area contributed by atoms with Crippen LogP contribution >= 0.6 is 0 Å². The summed E-state index contributed by atoms with van der Waals surface area (Å²) in [6.07, 6.45) is 12.7. The fraction of sp³-hybridized carbons (Fsp3) is 0.500. The zero-order chi connectivity index (χ0) is 26.4. The fourth-order valence-corrected chi connectivity index (χ4v) is 5.13. The van der Waals surface area contributed by atoms with Gasteiger partial charge in [-0.1, -0.05) is 74.2 Å². The van der Waals surface area contributed by atoms with Crippen molar-refractivity contribution >= 4 is 11.9 Å². The SMILES string of the molecule is O=C(/C=C\C(=O)OCc1ccc(CN2CCCCCC2)cc1)OCc1ccc(CN2CCCCCC2)cc1. The van der Waals surface area contributed by atoms with Crippen molar-refractivity contribution in [3.8, 4) is 0 Å². The van der Waals surface area contributed by atoms with E-state index in [1.807, 2.05) is 24.3 Å². The number of likely N-dealkylation sites (tertiary alicyclic amines) is 2. The van der Waals surface area contributed by atoms with E-state index in [-0.39, 0.29) is 13.2 Å². The Bertz CT molecular complexity index is 933. The third-order valence-electron chi connectivity index (χ3n) is 7.37. The van der Waals surface area contributed by atoms with Crippen LogP contribution in [0.25, 0.3) is 0 Å². The van der Waals surface area contributed by atoms with E-state index < -0.39 is 11.9 Å². The molecule has 0 radical (unpaired) electrons. The minimum Gasteiger partial charge on any atom is -0.458 e. The lowest BCUT2D eigenvalue weighted by Crippen LogP contribution is -2.23. The van der Waals surface area contributed by atoms with E-state index in [0.717, 1.165) is 36.4 Å². The van der Waals surface area contributed by atoms with Crippen molar-refractivity contribution < 1.29 is 19.1 Å². The lowest BCUT2D eigenvalue weighted by molar-refractivity contribution is -0.141. The molecule has 2 aliphatic rings. The van der Waals surface area contributed by atoms with Crippen LogP contribution < -0.4 is 0 Å². The van der Waals surface area contributed by atoms with E-state index in [1.165, 1.54) is 88.7 Å². The summed E-state index contributed by atoms with van der Waals surface area (Å²) >= 11 is 0. The van der Waals surface area contributed by atoms with Crippen LogP contribution in [0.15, 0.2) is 60.7 Å². The summed E-state index contributed by atoms with van der Waals surface area (Å²) < 4.78 is 10.6. The first-order chi connectivity index (χ1) is 18.6. The molecule has 0 atom stereocenters. The Morgan fingerprint density at radius 2 is 0.842 bits per heavy atom. The van der Waals surface area contributed by atoms with Gasteiger partial charge in [-0.05, 0) is 74.1 Å². The van der Waals surface area contributed by atoms with E-state index in [4.69, 9.17) is 9.47 Å². The van der Waals surface area contributed by atoms with Crippen molar-refractivity contribution in [2.24, 2.45) is 0 Å². The number of nitrogens with zero attached hydrogens (tertiary/aromatic N) is 2. The van der Waals surface area contributed by atoms with Crippen molar-refractivity contribution in [1.82, 2.24) is 9.80 Å². The van der Waals surface area contributed by atoms with Gasteiger partial charge in [0.2, 0.25) is 0 Å². The molecule has 0 spiro atoms. The largest absolute Gasteiger partial charge is 0.458 e. The molecule has 2 aromatic carbocycles. The predicted molar refractivity (Wildman–Crippen MR) is 149 cm³/mol. The molecular formula is C32H42N2O4. The minimum absolute atomic E-state index is 0.173. The van der Waals surface area contributed by atoms with Gasteiger partial charge < -0.3 is 9.47 Å². The van der Waals surface area contributed by atoms with Crippen molar-refractivity contribution in [3.63, 3.8) is 0 Å². The molecule has 6 heteroatoms. The molecule has 204 valence electrons. The zero-order valence-corrected chi connectivity index (χ0v) is 22.6. The third kappa shape index (κ3) is 10.1. The second-order valence-electron chi connectivity index (χ2n) is 10.6. The van der Waals surface area contributed by atoms with Gasteiger partial charge in [-0.3, -0.25) is 9.80 Å². The maximum atomic E-state index is 12.1. The predicted octanol–water partition coefficient (Wildman–Crippen LogP) is 5.78. The van der Waals surface area contributed by atoms with Crippen LogP contribution in [0.5, 0.6) is 0 Å². The van der Waals surface area contributed by atoms with Gasteiger partial charge in [0.25, 0.3) is 0 Å². The Balaban J connectivity index is 1.13. The van der Waals surface area contributed by atoms with Crippen molar-refractivity contribution in [2.45, 2.75) is 77.7 Å². The van der Waals surface area contributed by atoms with Crippen LogP contribution in [-0.4, -0.2) is 47.9 Å². The molecule has 0 amide bonds. The highest BCUT2D eigenvalue weighted by Gasteiger charge is 2.11. The number of carbonyl (C=O) groups excluding carboxylic acids is 2. The smallest absolute Gasteiger partial charge is 0.331 e. The van der Waals surface area contributed by atoms with E-state index in [1.54, 1.807) is 0 Å². The molecule has 2 saturated heterocycles. The zero-order valence-electron chi connectivity index (χ0n) is 22.6. The molecule has 4 rings (SSSR count). The number of hydrogen-bond acceptors (Lipinski definition) is 6. The van der Waals surface area contributed by atoms with Crippen LogP contribution in [0.3, 0.4) is 0 Å². The molecule has 6 nitrogen and oxygen atoms in total. The van der Waals surface area contributed by atoms with E-state index in [2.05, 4.69) is 34.1 Å². The van der Waals surface area contributed by atoms with Gasteiger partial charge in [0.15, 0.2) is 0 Å². The van der Waals surface area contributed by atoms with Crippen molar-refractivity contribution in [1.29, 1.82) is 0 Å². The summed E-state index contributed by atoms with van der Waals surface area (Å²) in [5.41, 5.74) is 4.40. The minimum atomic E-state index is -0.562. The maximum absolute atomic E-state index is 12.1. The van der Waals surface area contributed by atoms with Crippen LogP contribution in [0, 0.1) is 0 Å². The van der Waals surface area contributed by atoms with Crippen LogP contribution in [0.1, 0.15) is 73.6 Å². The Morgan fingerprint density at radius 1 is 0.526 bits per heavy atom. The average Bonchev–Trinajstić information content (AvgIpc) is 3.36. The van der Waals surface area contributed by atoms with Crippen LogP contribution in [-0.2, 0) is 45.4 Å². The maximum Gasteiger partial charge on any atom is 0.331 e. The summed E-state index contributed by atoms with van der Waals surface area (Å²) in [6, 6.07) is 16.4. The van der Waals surface area contributed by atoms with E-state index >= 15 is 0 Å². The molecule has 2 heterocycles. The molecule has 0 aromatic heterocycles. The van der Waals surface area contributed by atoms with Crippen LogP contribution in [0.4, 0.5) is 0 Å². The lowest BCUT2D eigenvalue weighted by Gasteiger charge is -2.19. The molecule has 0 unspecified atom stereocenters. The Hall–Kier alpha value is -2.96. The van der Waals surface area contributed by atoms with Gasteiger partial charge >= 0.3 is 11.9 Å². The Morgan fingerprint density at radius 3 is 1.18 bits per heavy atom. The summed E-state index contributed by atoms with van der Waals surface area (Å²) in [7, 11) is 0. The molecule has 0 N–H and O–H groups in total. The van der Waals surface area contributed by atoms with Crippen LogP contribution in [0.2, 0.25) is 0 Å². The first kappa shape index (κ1) is 28.1. The summed E-state index contributed by atoms with van der Waals surface area (Å²) in [5.74, 6) is -1.12. The van der Waals surface area contributed by atoms with Gasteiger partial charge in [-0.25, -0.2) is 9.59 Å². The second kappa shape index (κ2) is 15.5. The highest BCUT2D eigenvalue weighted by Crippen LogP contribution is 2.16. The average molecular weight is 519 g/mol. The molecular weight excluding hydrogens is 476 g/mol.